The molecule has 0 bridgehead atoms. The Morgan fingerprint density at radius 3 is 1.34 bits per heavy atom. The Morgan fingerprint density at radius 1 is 0.605 bits per heavy atom. The minimum absolute atomic E-state index is 0. The SMILES string of the molecule is C.C[C@@H]1S[C@H](CO)[C@@H](O)[C@H]1F.C[C@@H]1S[C@H](CO)[C@@H](O)[C@H]1O.C[C@H]1CC[C@@H](CO)S1.C[C@H]1C[C@H](O)[C@@H](CO)S1. The van der Waals surface area contributed by atoms with Crippen molar-refractivity contribution in [2.45, 2.75) is 127 Å². The van der Waals surface area contributed by atoms with Gasteiger partial charge in [-0.1, -0.05) is 35.1 Å². The number of hydrogen-bond donors (Lipinski definition) is 8. The summed E-state index contributed by atoms with van der Waals surface area (Å²) in [5.74, 6) is 0. The Kier molecular flexibility index (Phi) is 20.5. The highest BCUT2D eigenvalue weighted by Crippen LogP contribution is 2.36. The van der Waals surface area contributed by atoms with Crippen molar-refractivity contribution in [3.05, 3.63) is 0 Å². The van der Waals surface area contributed by atoms with Crippen LogP contribution in [0, 0.1) is 0 Å². The summed E-state index contributed by atoms with van der Waals surface area (Å²) < 4.78 is 12.8. The Labute approximate surface area is 245 Å². The van der Waals surface area contributed by atoms with Gasteiger partial charge in [0, 0.05) is 26.2 Å². The van der Waals surface area contributed by atoms with E-state index in [9.17, 15) is 19.7 Å². The number of alkyl halides is 1. The Bertz CT molecular complexity index is 588. The third kappa shape index (κ3) is 12.5. The van der Waals surface area contributed by atoms with E-state index in [1.807, 2.05) is 18.7 Å². The van der Waals surface area contributed by atoms with Crippen LogP contribution in [-0.4, -0.2) is 140 Å². The van der Waals surface area contributed by atoms with Gasteiger partial charge in [0.2, 0.25) is 0 Å². The molecule has 13 atom stereocenters. The van der Waals surface area contributed by atoms with Crippen LogP contribution in [0.1, 0.15) is 54.4 Å². The molecule has 4 rings (SSSR count). The monoisotopic (exact) mass is 626 g/mol. The summed E-state index contributed by atoms with van der Waals surface area (Å²) in [4.78, 5) is 0. The molecule has 0 aliphatic carbocycles. The summed E-state index contributed by atoms with van der Waals surface area (Å²) in [6.07, 6.45) is -0.553. The zero-order chi connectivity index (χ0) is 28.3. The molecule has 0 saturated carbocycles. The van der Waals surface area contributed by atoms with Gasteiger partial charge in [-0.25, -0.2) is 4.39 Å². The summed E-state index contributed by atoms with van der Waals surface area (Å²) in [6, 6.07) is 0. The van der Waals surface area contributed by atoms with Crippen molar-refractivity contribution < 1.29 is 45.2 Å². The van der Waals surface area contributed by atoms with E-state index >= 15 is 0 Å². The average Bonchev–Trinajstić information content (AvgIpc) is 3.59. The predicted octanol–water partition coefficient (Wildman–Crippen LogP) is 1.52. The van der Waals surface area contributed by atoms with Crippen molar-refractivity contribution in [2.75, 3.05) is 26.4 Å². The van der Waals surface area contributed by atoms with Gasteiger partial charge in [0.1, 0.15) is 12.3 Å². The lowest BCUT2D eigenvalue weighted by molar-refractivity contribution is 0.0221. The van der Waals surface area contributed by atoms with Gasteiger partial charge in [0.15, 0.2) is 0 Å². The molecule has 8 nitrogen and oxygen atoms in total. The van der Waals surface area contributed by atoms with E-state index in [4.69, 9.17) is 25.5 Å². The smallest absolute Gasteiger partial charge is 0.139 e. The van der Waals surface area contributed by atoms with E-state index < -0.39 is 24.5 Å². The first-order chi connectivity index (χ1) is 17.4. The first-order valence-corrected chi connectivity index (χ1v) is 16.6. The first-order valence-electron chi connectivity index (χ1n) is 12.8. The molecule has 230 valence electrons. The minimum Gasteiger partial charge on any atom is -0.395 e. The van der Waals surface area contributed by atoms with Crippen molar-refractivity contribution in [1.29, 1.82) is 0 Å². The lowest BCUT2D eigenvalue weighted by Crippen LogP contribution is -2.32. The van der Waals surface area contributed by atoms with Gasteiger partial charge in [0.05, 0.1) is 60.5 Å². The maximum atomic E-state index is 12.8. The van der Waals surface area contributed by atoms with Crippen LogP contribution in [0.2, 0.25) is 0 Å². The van der Waals surface area contributed by atoms with Crippen LogP contribution in [0.3, 0.4) is 0 Å². The number of hydrogen-bond acceptors (Lipinski definition) is 12. The molecule has 4 aliphatic rings. The molecule has 0 unspecified atom stereocenters. The number of aliphatic hydroxyl groups excluding tert-OH is 8. The van der Waals surface area contributed by atoms with E-state index in [-0.39, 0.29) is 59.6 Å². The number of aliphatic hydroxyl groups is 8. The van der Waals surface area contributed by atoms with Gasteiger partial charge >= 0.3 is 0 Å². The van der Waals surface area contributed by atoms with Crippen LogP contribution in [0.4, 0.5) is 4.39 Å². The highest BCUT2D eigenvalue weighted by molar-refractivity contribution is 8.01. The average molecular weight is 627 g/mol. The Hall–Kier alpha value is 1.01. The fourth-order valence-electron chi connectivity index (χ4n) is 4.27. The summed E-state index contributed by atoms with van der Waals surface area (Å²) in [5, 5.41) is 72.5. The van der Waals surface area contributed by atoms with E-state index in [1.54, 1.807) is 18.7 Å². The second-order valence-electron chi connectivity index (χ2n) is 9.84. The third-order valence-corrected chi connectivity index (χ3v) is 12.5. The second kappa shape index (κ2) is 20.0. The molecule has 4 fully saturated rings. The molecule has 0 radical (unpaired) electrons. The van der Waals surface area contributed by atoms with Gasteiger partial charge in [-0.15, -0.1) is 23.5 Å². The van der Waals surface area contributed by atoms with Crippen molar-refractivity contribution in [1.82, 2.24) is 0 Å². The van der Waals surface area contributed by atoms with Crippen molar-refractivity contribution in [3.8, 4) is 0 Å². The molecule has 0 spiro atoms. The van der Waals surface area contributed by atoms with Crippen molar-refractivity contribution in [2.24, 2.45) is 0 Å². The van der Waals surface area contributed by atoms with Crippen LogP contribution < -0.4 is 0 Å². The number of thioether (sulfide) groups is 4. The molecule has 38 heavy (non-hydrogen) atoms. The van der Waals surface area contributed by atoms with Crippen LogP contribution >= 0.6 is 47.0 Å². The fourth-order valence-corrected chi connectivity index (χ4v) is 9.38. The minimum atomic E-state index is -1.18. The molecular formula is C25H51FO8S4. The zero-order valence-electron chi connectivity index (χ0n) is 22.0. The number of halogens is 1. The zero-order valence-corrected chi connectivity index (χ0v) is 25.3. The normalized spacial score (nSPS) is 43.7. The lowest BCUT2D eigenvalue weighted by atomic mass is 10.1. The lowest BCUT2D eigenvalue weighted by Gasteiger charge is -2.11. The molecule has 4 aliphatic heterocycles. The Balaban J connectivity index is 0.000000478. The standard InChI is InChI=1S/C6H11FO2S.C6H12O3S.C6H12O2S.C6H12OS.CH4/c1-3-5(7)6(9)4(2-8)10-3;1-3-5(8)6(9)4(2-7)10-3;1-4-2-5(8)6(3-7)9-4;1-5-2-3-6(4-7)8-5;/h3-6,8-9H,2H2,1H3;3-9H,2H2,1H3;4-8H,2-3H2,1H3;5-7H,2-4H2,1H3;1H4/t2*3-,4+,5-,6+;4-,5-,6+;5-,6-;/m0000./s1. The molecule has 0 aromatic rings. The molecule has 0 amide bonds. The van der Waals surface area contributed by atoms with Gasteiger partial charge in [0.25, 0.3) is 0 Å². The molecular weight excluding hydrogens is 576 g/mol. The maximum Gasteiger partial charge on any atom is 0.139 e. The molecule has 0 aromatic carbocycles. The summed E-state index contributed by atoms with van der Waals surface area (Å²) >= 11 is 6.33. The predicted molar refractivity (Wildman–Crippen MR) is 161 cm³/mol. The molecule has 4 heterocycles. The molecule has 4 saturated heterocycles. The quantitative estimate of drug-likeness (QED) is 0.228. The van der Waals surface area contributed by atoms with Crippen molar-refractivity contribution >= 4 is 47.0 Å². The second-order valence-corrected chi connectivity index (χ2v) is 16.5. The topological polar surface area (TPSA) is 162 Å². The Morgan fingerprint density at radius 2 is 1.13 bits per heavy atom. The van der Waals surface area contributed by atoms with E-state index in [1.165, 1.54) is 36.4 Å². The largest absolute Gasteiger partial charge is 0.395 e. The van der Waals surface area contributed by atoms with Gasteiger partial charge in [-0.3, -0.25) is 0 Å². The van der Waals surface area contributed by atoms with Crippen molar-refractivity contribution in [3.63, 3.8) is 0 Å². The van der Waals surface area contributed by atoms with E-state index in [0.717, 1.165) is 11.7 Å². The molecule has 0 aromatic heterocycles. The van der Waals surface area contributed by atoms with Gasteiger partial charge in [-0.2, -0.15) is 23.5 Å². The summed E-state index contributed by atoms with van der Waals surface area (Å²) in [7, 11) is 0. The van der Waals surface area contributed by atoms with Gasteiger partial charge in [-0.05, 0) is 19.3 Å². The number of rotatable bonds is 4. The summed E-state index contributed by atoms with van der Waals surface area (Å²) in [6.45, 7) is 8.13. The van der Waals surface area contributed by atoms with Crippen LogP contribution in [0.15, 0.2) is 0 Å². The fraction of sp³-hybridized carbons (Fsp3) is 1.00. The van der Waals surface area contributed by atoms with Crippen LogP contribution in [0.25, 0.3) is 0 Å². The first kappa shape index (κ1) is 39.0. The van der Waals surface area contributed by atoms with E-state index in [0.29, 0.717) is 17.1 Å². The summed E-state index contributed by atoms with van der Waals surface area (Å²) in [5.41, 5.74) is 0. The highest BCUT2D eigenvalue weighted by Gasteiger charge is 2.41. The molecule has 13 heteroatoms. The third-order valence-electron chi connectivity index (χ3n) is 6.62. The van der Waals surface area contributed by atoms with Crippen LogP contribution in [-0.2, 0) is 0 Å². The molecule has 8 N–H and O–H groups in total. The van der Waals surface area contributed by atoms with Gasteiger partial charge < -0.3 is 40.9 Å². The highest BCUT2D eigenvalue weighted by atomic mass is 32.2. The van der Waals surface area contributed by atoms with Crippen LogP contribution in [0.5, 0.6) is 0 Å². The maximum absolute atomic E-state index is 12.8. The van der Waals surface area contributed by atoms with E-state index in [2.05, 4.69) is 13.8 Å².